The van der Waals surface area contributed by atoms with Gasteiger partial charge in [-0.05, 0) is 25.0 Å². The molecule has 0 spiro atoms. The van der Waals surface area contributed by atoms with Crippen molar-refractivity contribution in [3.05, 3.63) is 60.3 Å². The van der Waals surface area contributed by atoms with Gasteiger partial charge in [0.25, 0.3) is 5.91 Å². The number of H-pyrrole nitrogens is 1. The lowest BCUT2D eigenvalue weighted by atomic mass is 9.97. The maximum Gasteiger partial charge on any atom is 0.451 e. The zero-order valence-corrected chi connectivity index (χ0v) is 22.7. The molecule has 0 bridgehead atoms. The van der Waals surface area contributed by atoms with Crippen molar-refractivity contribution in [1.29, 1.82) is 0 Å². The number of carbonyl (C=O) groups is 1. The van der Waals surface area contributed by atoms with Gasteiger partial charge in [-0.1, -0.05) is 13.8 Å². The first-order chi connectivity index (χ1) is 19.7. The van der Waals surface area contributed by atoms with Crippen molar-refractivity contribution in [2.45, 2.75) is 51.5 Å². The van der Waals surface area contributed by atoms with Crippen LogP contribution in [0.1, 0.15) is 48.7 Å². The van der Waals surface area contributed by atoms with Crippen molar-refractivity contribution in [2.75, 3.05) is 26.2 Å². The highest BCUT2D eigenvalue weighted by atomic mass is 19.4. The largest absolute Gasteiger partial charge is 0.451 e. The summed E-state index contributed by atoms with van der Waals surface area (Å²) in [5.74, 6) is -1.79. The standard InChI is InChI=1S/C27H30F3N10O/c1-16(2)32-11-18-9-22(37-26(36-18)27(28,29)30)25(41)38-7-4-19(5-8-38)39-13-20(14-39)40-12-17(10-35-40)23-21-3-6-31-24(21)34-15-33-23/h3,6,9-10,12,15-16,19,32H,4-5,7-8,11,13-14H2,1-2H3,(H,31,33,34). The molecule has 0 saturated carbocycles. The first-order valence-electron chi connectivity index (χ1n) is 13.6. The van der Waals surface area contributed by atoms with Crippen LogP contribution in [0.3, 0.4) is 0 Å². The molecule has 4 aromatic heterocycles. The average molecular weight is 568 g/mol. The van der Waals surface area contributed by atoms with Crippen molar-refractivity contribution in [3.63, 3.8) is 0 Å². The Labute approximate surface area is 234 Å². The molecule has 1 radical (unpaired) electrons. The van der Waals surface area contributed by atoms with E-state index < -0.39 is 17.9 Å². The van der Waals surface area contributed by atoms with E-state index in [2.05, 4.69) is 40.2 Å². The summed E-state index contributed by atoms with van der Waals surface area (Å²) in [7, 11) is 0. The number of hydrogen-bond donors (Lipinski definition) is 2. The molecule has 6 rings (SSSR count). The van der Waals surface area contributed by atoms with Gasteiger partial charge in [0.15, 0.2) is 0 Å². The van der Waals surface area contributed by atoms with Gasteiger partial charge in [0.1, 0.15) is 23.7 Å². The molecule has 14 heteroatoms. The Morgan fingerprint density at radius 2 is 1.95 bits per heavy atom. The zero-order chi connectivity index (χ0) is 28.7. The second-order valence-corrected chi connectivity index (χ2v) is 10.7. The van der Waals surface area contributed by atoms with Crippen LogP contribution in [0, 0.1) is 6.04 Å². The molecule has 6 heterocycles. The van der Waals surface area contributed by atoms with Crippen LogP contribution in [-0.2, 0) is 12.7 Å². The first-order valence-corrected chi connectivity index (χ1v) is 13.6. The molecule has 0 aromatic carbocycles. The molecule has 41 heavy (non-hydrogen) atoms. The topological polar surface area (TPSA) is 121 Å². The molecule has 2 aliphatic rings. The van der Waals surface area contributed by atoms with E-state index in [1.54, 1.807) is 11.1 Å². The number of aromatic amines is 1. The van der Waals surface area contributed by atoms with Gasteiger partial charge in [-0.2, -0.15) is 18.3 Å². The van der Waals surface area contributed by atoms with Crippen molar-refractivity contribution < 1.29 is 18.0 Å². The normalized spacial score (nSPS) is 17.5. The number of fused-ring (bicyclic) bond motifs is 1. The predicted molar refractivity (Wildman–Crippen MR) is 143 cm³/mol. The van der Waals surface area contributed by atoms with Gasteiger partial charge in [-0.15, -0.1) is 0 Å². The molecule has 2 N–H and O–H groups in total. The molecule has 4 aromatic rings. The number of rotatable bonds is 7. The maximum absolute atomic E-state index is 13.4. The highest BCUT2D eigenvalue weighted by Gasteiger charge is 2.39. The van der Waals surface area contributed by atoms with E-state index in [9.17, 15) is 18.0 Å². The van der Waals surface area contributed by atoms with Crippen LogP contribution in [0.25, 0.3) is 22.3 Å². The minimum Gasteiger partial charge on any atom is -0.346 e. The van der Waals surface area contributed by atoms with Crippen LogP contribution in [0.5, 0.6) is 0 Å². The van der Waals surface area contributed by atoms with E-state index in [0.29, 0.717) is 13.1 Å². The molecular weight excluding hydrogens is 537 g/mol. The lowest BCUT2D eigenvalue weighted by Gasteiger charge is -2.46. The third-order valence-corrected chi connectivity index (χ3v) is 7.52. The van der Waals surface area contributed by atoms with E-state index in [1.807, 2.05) is 37.0 Å². The van der Waals surface area contributed by atoms with Gasteiger partial charge in [0.2, 0.25) is 5.82 Å². The smallest absolute Gasteiger partial charge is 0.346 e. The average Bonchev–Trinajstić information content (AvgIpc) is 3.60. The Balaban J connectivity index is 1.05. The number of likely N-dealkylation sites (tertiary alicyclic amines) is 2. The minimum atomic E-state index is -4.74. The number of aromatic nitrogens is 7. The summed E-state index contributed by atoms with van der Waals surface area (Å²) < 4.78 is 42.2. The molecule has 0 aliphatic carbocycles. The van der Waals surface area contributed by atoms with E-state index in [-0.39, 0.29) is 30.0 Å². The summed E-state index contributed by atoms with van der Waals surface area (Å²) in [5, 5.41) is 8.52. The Morgan fingerprint density at radius 1 is 1.17 bits per heavy atom. The zero-order valence-electron chi connectivity index (χ0n) is 22.7. The Bertz CT molecular complexity index is 1530. The van der Waals surface area contributed by atoms with Gasteiger partial charge in [0.05, 0.1) is 17.6 Å². The number of amides is 1. The fourth-order valence-electron chi connectivity index (χ4n) is 5.28. The van der Waals surface area contributed by atoms with Crippen LogP contribution in [-0.4, -0.2) is 88.7 Å². The van der Waals surface area contributed by atoms with E-state index in [4.69, 9.17) is 0 Å². The maximum atomic E-state index is 13.4. The molecule has 2 aliphatic heterocycles. The van der Waals surface area contributed by atoms with E-state index >= 15 is 0 Å². The second-order valence-electron chi connectivity index (χ2n) is 10.7. The molecule has 11 nitrogen and oxygen atoms in total. The number of piperidine rings is 1. The number of nitrogens with one attached hydrogen (secondary N) is 2. The number of alkyl halides is 3. The lowest BCUT2D eigenvalue weighted by molar-refractivity contribution is -0.145. The third-order valence-electron chi connectivity index (χ3n) is 7.52. The highest BCUT2D eigenvalue weighted by Crippen LogP contribution is 2.31. The molecule has 2 saturated heterocycles. The molecule has 2 fully saturated rings. The second kappa shape index (κ2) is 10.8. The van der Waals surface area contributed by atoms with E-state index in [0.717, 1.165) is 54.3 Å². The van der Waals surface area contributed by atoms with Crippen LogP contribution in [0.4, 0.5) is 13.2 Å². The summed E-state index contributed by atoms with van der Waals surface area (Å²) in [6, 6.07) is 4.80. The lowest BCUT2D eigenvalue weighted by Crippen LogP contribution is -2.56. The SMILES string of the molecule is CC(C)NCc1cc(C(=O)N2CCC(N3C[C](n4cc(-c5ncnc6[nH]ccc56)cn4)C3)CC2)nc(C(F)(F)F)n1. The first kappa shape index (κ1) is 27.3. The molecule has 215 valence electrons. The number of carbonyl (C=O) groups excluding carboxylic acids is 1. The molecule has 1 amide bonds. The van der Waals surface area contributed by atoms with Crippen molar-refractivity contribution in [2.24, 2.45) is 0 Å². The molecular formula is C27H30F3N10O. The Kier molecular flexibility index (Phi) is 7.20. The van der Waals surface area contributed by atoms with Crippen molar-refractivity contribution >= 4 is 16.9 Å². The Hall–Kier alpha value is -3.91. The summed E-state index contributed by atoms with van der Waals surface area (Å²) >= 11 is 0. The molecule has 0 atom stereocenters. The van der Waals surface area contributed by atoms with Gasteiger partial charge < -0.3 is 15.2 Å². The van der Waals surface area contributed by atoms with Crippen LogP contribution >= 0.6 is 0 Å². The summed E-state index contributed by atoms with van der Waals surface area (Å²) in [4.78, 5) is 36.1. The third kappa shape index (κ3) is 5.66. The number of hydrogen-bond acceptors (Lipinski definition) is 8. The fraction of sp³-hybridized carbons (Fsp3) is 0.444. The monoisotopic (exact) mass is 567 g/mol. The number of halogens is 3. The van der Waals surface area contributed by atoms with Gasteiger partial charge in [-0.3, -0.25) is 14.4 Å². The van der Waals surface area contributed by atoms with Crippen molar-refractivity contribution in [1.82, 2.24) is 49.8 Å². The highest BCUT2D eigenvalue weighted by molar-refractivity contribution is 5.92. The quantitative estimate of drug-likeness (QED) is 0.350. The minimum absolute atomic E-state index is 0.0566. The fourth-order valence-corrected chi connectivity index (χ4v) is 5.28. The molecule has 0 unspecified atom stereocenters. The van der Waals surface area contributed by atoms with Crippen LogP contribution in [0.15, 0.2) is 37.1 Å². The van der Waals surface area contributed by atoms with Gasteiger partial charge >= 0.3 is 6.18 Å². The van der Waals surface area contributed by atoms with Crippen LogP contribution in [0.2, 0.25) is 0 Å². The van der Waals surface area contributed by atoms with Gasteiger partial charge in [-0.25, -0.2) is 19.9 Å². The summed E-state index contributed by atoms with van der Waals surface area (Å²) in [5.41, 5.74) is 2.43. The van der Waals surface area contributed by atoms with Crippen molar-refractivity contribution in [3.8, 4) is 11.3 Å². The summed E-state index contributed by atoms with van der Waals surface area (Å²) in [6.45, 7) is 6.31. The van der Waals surface area contributed by atoms with Gasteiger partial charge in [0, 0.05) is 68.2 Å². The van der Waals surface area contributed by atoms with Crippen LogP contribution < -0.4 is 5.32 Å². The predicted octanol–water partition coefficient (Wildman–Crippen LogP) is 3.13. The Morgan fingerprint density at radius 3 is 2.68 bits per heavy atom. The summed E-state index contributed by atoms with van der Waals surface area (Å²) in [6.07, 6.45) is 3.87. The van der Waals surface area contributed by atoms with E-state index in [1.165, 1.54) is 12.4 Å². The number of nitrogens with zero attached hydrogens (tertiary/aromatic N) is 8.